The van der Waals surface area contributed by atoms with Crippen molar-refractivity contribution in [1.29, 1.82) is 0 Å². The van der Waals surface area contributed by atoms with Gasteiger partial charge in [-0.15, -0.1) is 0 Å². The van der Waals surface area contributed by atoms with Crippen molar-refractivity contribution >= 4 is 52.4 Å². The lowest BCUT2D eigenvalue weighted by Gasteiger charge is -2.09. The van der Waals surface area contributed by atoms with Gasteiger partial charge in [-0.25, -0.2) is 4.79 Å². The van der Waals surface area contributed by atoms with Gasteiger partial charge in [-0.2, -0.15) is 0 Å². The summed E-state index contributed by atoms with van der Waals surface area (Å²) in [5, 5.41) is 3.59. The van der Waals surface area contributed by atoms with Crippen molar-refractivity contribution in [1.82, 2.24) is 0 Å². The Balaban J connectivity index is 1.94. The molecule has 0 radical (unpaired) electrons. The standard InChI is InChI=1S/C16H12Cl3NO3/c1-9-2-3-14(13(19)4-9)20-15(21)8-23-16(22)10-5-11(17)7-12(18)6-10/h2-7H,8H2,1H3,(H,20,21). The summed E-state index contributed by atoms with van der Waals surface area (Å²) in [7, 11) is 0. The highest BCUT2D eigenvalue weighted by Gasteiger charge is 2.13. The molecule has 2 aromatic carbocycles. The van der Waals surface area contributed by atoms with E-state index in [0.29, 0.717) is 20.8 Å². The summed E-state index contributed by atoms with van der Waals surface area (Å²) in [4.78, 5) is 23.7. The van der Waals surface area contributed by atoms with Crippen molar-refractivity contribution < 1.29 is 14.3 Å². The van der Waals surface area contributed by atoms with Crippen LogP contribution in [0.2, 0.25) is 15.1 Å². The number of halogens is 3. The predicted octanol–water partition coefficient (Wildman–Crippen LogP) is 4.75. The summed E-state index contributed by atoms with van der Waals surface area (Å²) >= 11 is 17.6. The van der Waals surface area contributed by atoms with Gasteiger partial charge < -0.3 is 10.1 Å². The first-order valence-corrected chi connectivity index (χ1v) is 7.68. The van der Waals surface area contributed by atoms with Crippen molar-refractivity contribution in [3.8, 4) is 0 Å². The number of benzene rings is 2. The summed E-state index contributed by atoms with van der Waals surface area (Å²) in [5.74, 6) is -1.20. The number of ether oxygens (including phenoxy) is 1. The molecule has 4 nitrogen and oxygen atoms in total. The molecule has 0 unspecified atom stereocenters. The van der Waals surface area contributed by atoms with Crippen LogP contribution in [-0.4, -0.2) is 18.5 Å². The highest BCUT2D eigenvalue weighted by atomic mass is 35.5. The Morgan fingerprint density at radius 1 is 1.04 bits per heavy atom. The van der Waals surface area contributed by atoms with Gasteiger partial charge in [0.25, 0.3) is 5.91 Å². The number of carbonyl (C=O) groups excluding carboxylic acids is 2. The number of hydrogen-bond donors (Lipinski definition) is 1. The number of anilines is 1. The summed E-state index contributed by atoms with van der Waals surface area (Å²) in [6.45, 7) is 1.43. The van der Waals surface area contributed by atoms with Gasteiger partial charge in [0.15, 0.2) is 6.61 Å². The van der Waals surface area contributed by atoms with E-state index in [9.17, 15) is 9.59 Å². The molecule has 0 saturated carbocycles. The fourth-order valence-corrected chi connectivity index (χ4v) is 2.60. The van der Waals surface area contributed by atoms with Crippen molar-refractivity contribution in [3.63, 3.8) is 0 Å². The van der Waals surface area contributed by atoms with Crippen LogP contribution in [0.25, 0.3) is 0 Å². The Morgan fingerprint density at radius 3 is 2.30 bits per heavy atom. The summed E-state index contributed by atoms with van der Waals surface area (Å²) in [6, 6.07) is 9.51. The molecule has 1 N–H and O–H groups in total. The Kier molecular flexibility index (Phi) is 5.88. The van der Waals surface area contributed by atoms with E-state index < -0.39 is 18.5 Å². The highest BCUT2D eigenvalue weighted by molar-refractivity contribution is 6.35. The molecule has 23 heavy (non-hydrogen) atoms. The van der Waals surface area contributed by atoms with Gasteiger partial charge in [-0.1, -0.05) is 40.9 Å². The minimum atomic E-state index is -0.695. The van der Waals surface area contributed by atoms with Crippen LogP contribution in [0.1, 0.15) is 15.9 Å². The second-order valence-electron chi connectivity index (χ2n) is 4.77. The molecule has 0 aliphatic rings. The van der Waals surface area contributed by atoms with Gasteiger partial charge in [0.2, 0.25) is 0 Å². The van der Waals surface area contributed by atoms with E-state index in [0.717, 1.165) is 5.56 Å². The van der Waals surface area contributed by atoms with Crippen LogP contribution in [0.3, 0.4) is 0 Å². The molecule has 0 saturated heterocycles. The Morgan fingerprint density at radius 2 is 1.70 bits per heavy atom. The average Bonchev–Trinajstić information content (AvgIpc) is 2.46. The molecule has 0 bridgehead atoms. The van der Waals surface area contributed by atoms with Crippen molar-refractivity contribution in [2.45, 2.75) is 6.92 Å². The molecule has 0 atom stereocenters. The normalized spacial score (nSPS) is 10.3. The Hall–Kier alpha value is -1.75. The van der Waals surface area contributed by atoms with Gasteiger partial charge >= 0.3 is 5.97 Å². The zero-order valence-electron chi connectivity index (χ0n) is 12.0. The molecular weight excluding hydrogens is 361 g/mol. The van der Waals surface area contributed by atoms with E-state index in [1.54, 1.807) is 12.1 Å². The number of aryl methyl sites for hydroxylation is 1. The largest absolute Gasteiger partial charge is 0.452 e. The lowest BCUT2D eigenvalue weighted by Crippen LogP contribution is -2.21. The van der Waals surface area contributed by atoms with E-state index in [-0.39, 0.29) is 5.56 Å². The van der Waals surface area contributed by atoms with Crippen LogP contribution in [0.5, 0.6) is 0 Å². The fraction of sp³-hybridized carbons (Fsp3) is 0.125. The van der Waals surface area contributed by atoms with E-state index in [2.05, 4.69) is 5.32 Å². The maximum atomic E-state index is 11.9. The average molecular weight is 373 g/mol. The number of hydrogen-bond acceptors (Lipinski definition) is 3. The van der Waals surface area contributed by atoms with Gasteiger partial charge in [-0.05, 0) is 42.8 Å². The molecule has 0 spiro atoms. The van der Waals surface area contributed by atoms with Gasteiger partial charge in [0.1, 0.15) is 0 Å². The fourth-order valence-electron chi connectivity index (χ4n) is 1.79. The third-order valence-corrected chi connectivity index (χ3v) is 3.58. The topological polar surface area (TPSA) is 55.4 Å². The highest BCUT2D eigenvalue weighted by Crippen LogP contribution is 2.23. The molecular formula is C16H12Cl3NO3. The third kappa shape index (κ3) is 5.13. The number of rotatable bonds is 4. The van der Waals surface area contributed by atoms with Gasteiger partial charge in [0, 0.05) is 10.0 Å². The van der Waals surface area contributed by atoms with E-state index in [1.165, 1.54) is 18.2 Å². The van der Waals surface area contributed by atoms with E-state index in [4.69, 9.17) is 39.5 Å². The second-order valence-corrected chi connectivity index (χ2v) is 6.05. The minimum absolute atomic E-state index is 0.170. The van der Waals surface area contributed by atoms with Crippen LogP contribution in [0, 0.1) is 6.92 Å². The van der Waals surface area contributed by atoms with Crippen LogP contribution in [0.15, 0.2) is 36.4 Å². The zero-order chi connectivity index (χ0) is 17.0. The predicted molar refractivity (Wildman–Crippen MR) is 91.6 cm³/mol. The quantitative estimate of drug-likeness (QED) is 0.788. The minimum Gasteiger partial charge on any atom is -0.452 e. The summed E-state index contributed by atoms with van der Waals surface area (Å²) < 4.78 is 4.92. The molecule has 0 heterocycles. The van der Waals surface area contributed by atoms with Gasteiger partial charge in [-0.3, -0.25) is 4.79 Å². The molecule has 0 fully saturated rings. The van der Waals surface area contributed by atoms with Crippen LogP contribution in [0.4, 0.5) is 5.69 Å². The van der Waals surface area contributed by atoms with Crippen LogP contribution < -0.4 is 5.32 Å². The molecule has 1 amide bonds. The first-order chi connectivity index (χ1) is 10.8. The molecule has 7 heteroatoms. The lowest BCUT2D eigenvalue weighted by atomic mass is 10.2. The molecule has 0 aliphatic carbocycles. The maximum Gasteiger partial charge on any atom is 0.338 e. The summed E-state index contributed by atoms with van der Waals surface area (Å²) in [6.07, 6.45) is 0. The number of esters is 1. The lowest BCUT2D eigenvalue weighted by molar-refractivity contribution is -0.119. The monoisotopic (exact) mass is 371 g/mol. The maximum absolute atomic E-state index is 11.9. The number of amides is 1. The summed E-state index contributed by atoms with van der Waals surface area (Å²) in [5.41, 5.74) is 1.59. The first-order valence-electron chi connectivity index (χ1n) is 6.54. The smallest absolute Gasteiger partial charge is 0.338 e. The zero-order valence-corrected chi connectivity index (χ0v) is 14.3. The van der Waals surface area contributed by atoms with Crippen LogP contribution >= 0.6 is 34.8 Å². The Bertz CT molecular complexity index is 742. The van der Waals surface area contributed by atoms with Crippen molar-refractivity contribution in [3.05, 3.63) is 62.6 Å². The van der Waals surface area contributed by atoms with E-state index >= 15 is 0 Å². The molecule has 2 rings (SSSR count). The molecule has 0 aromatic heterocycles. The molecule has 120 valence electrons. The van der Waals surface area contributed by atoms with Crippen LogP contribution in [-0.2, 0) is 9.53 Å². The molecule has 0 aliphatic heterocycles. The van der Waals surface area contributed by atoms with E-state index in [1.807, 2.05) is 13.0 Å². The molecule has 2 aromatic rings. The SMILES string of the molecule is Cc1ccc(NC(=O)COC(=O)c2cc(Cl)cc(Cl)c2)c(Cl)c1. The number of carbonyl (C=O) groups is 2. The second kappa shape index (κ2) is 7.68. The van der Waals surface area contributed by atoms with Crippen molar-refractivity contribution in [2.75, 3.05) is 11.9 Å². The van der Waals surface area contributed by atoms with Crippen molar-refractivity contribution in [2.24, 2.45) is 0 Å². The first kappa shape index (κ1) is 17.6. The number of nitrogens with one attached hydrogen (secondary N) is 1. The van der Waals surface area contributed by atoms with Gasteiger partial charge in [0.05, 0.1) is 16.3 Å². The Labute approximate surface area is 148 Å². The third-order valence-electron chi connectivity index (χ3n) is 2.83.